The molecule has 0 saturated carbocycles. The van der Waals surface area contributed by atoms with Crippen LogP contribution in [0, 0.1) is 10.1 Å². The van der Waals surface area contributed by atoms with Crippen molar-refractivity contribution in [2.45, 2.75) is 24.7 Å². The number of ether oxygens (including phenoxy) is 1. The second-order valence-electron chi connectivity index (χ2n) is 5.08. The summed E-state index contributed by atoms with van der Waals surface area (Å²) < 4.78 is 20.7. The van der Waals surface area contributed by atoms with Crippen LogP contribution in [0.3, 0.4) is 0 Å². The quantitative estimate of drug-likeness (QED) is 0.624. The van der Waals surface area contributed by atoms with Gasteiger partial charge in [-0.1, -0.05) is 11.6 Å². The number of rotatable bonds is 3. The van der Waals surface area contributed by atoms with Crippen molar-refractivity contribution in [1.82, 2.24) is 14.7 Å². The molecule has 0 radical (unpaired) electrons. The lowest BCUT2D eigenvalue weighted by Gasteiger charge is -2.42. The minimum atomic E-state index is -1.15. The molecule has 2 aliphatic rings. The first kappa shape index (κ1) is 13.7. The lowest BCUT2D eigenvalue weighted by molar-refractivity contribution is -0.384. The van der Waals surface area contributed by atoms with Gasteiger partial charge in [0.25, 0.3) is 0 Å². The van der Waals surface area contributed by atoms with E-state index in [-0.39, 0.29) is 23.4 Å². The molecule has 0 N–H and O–H groups in total. The van der Waals surface area contributed by atoms with E-state index >= 15 is 0 Å². The van der Waals surface area contributed by atoms with E-state index in [1.165, 1.54) is 4.68 Å². The van der Waals surface area contributed by atoms with Crippen molar-refractivity contribution in [3.8, 4) is 0 Å². The summed E-state index contributed by atoms with van der Waals surface area (Å²) in [7, 11) is 0. The van der Waals surface area contributed by atoms with Gasteiger partial charge in [0.1, 0.15) is 12.4 Å². The molecular formula is C11H14ClFN4O3. The SMILES string of the molecule is O=[N+]([O-])c1cnn([C@@H]2CCN(C3COC3)C[C@H]2F)c1Cl. The monoisotopic (exact) mass is 304 g/mol. The van der Waals surface area contributed by atoms with Crippen molar-refractivity contribution < 1.29 is 14.1 Å². The second-order valence-corrected chi connectivity index (χ2v) is 5.44. The molecule has 3 rings (SSSR count). The van der Waals surface area contributed by atoms with Gasteiger partial charge in [-0.2, -0.15) is 5.10 Å². The van der Waals surface area contributed by atoms with Crippen molar-refractivity contribution in [2.24, 2.45) is 0 Å². The molecule has 0 bridgehead atoms. The normalized spacial score (nSPS) is 28.3. The van der Waals surface area contributed by atoms with Gasteiger partial charge in [-0.05, 0) is 6.42 Å². The average molecular weight is 305 g/mol. The van der Waals surface area contributed by atoms with E-state index in [0.29, 0.717) is 26.2 Å². The summed E-state index contributed by atoms with van der Waals surface area (Å²) >= 11 is 5.91. The summed E-state index contributed by atoms with van der Waals surface area (Å²) in [6, 6.07) is -0.259. The summed E-state index contributed by atoms with van der Waals surface area (Å²) in [5.41, 5.74) is -0.284. The molecule has 110 valence electrons. The third kappa shape index (κ3) is 2.27. The molecule has 1 aromatic rings. The number of hydrogen-bond donors (Lipinski definition) is 0. The molecule has 2 fully saturated rings. The van der Waals surface area contributed by atoms with Crippen molar-refractivity contribution in [3.63, 3.8) is 0 Å². The molecule has 2 saturated heterocycles. The average Bonchev–Trinajstić information content (AvgIpc) is 2.69. The molecule has 1 aromatic heterocycles. The predicted molar refractivity (Wildman–Crippen MR) is 68.6 cm³/mol. The van der Waals surface area contributed by atoms with E-state index in [1.54, 1.807) is 0 Å². The molecule has 9 heteroatoms. The van der Waals surface area contributed by atoms with E-state index in [1.807, 2.05) is 0 Å². The third-order valence-electron chi connectivity index (χ3n) is 3.90. The van der Waals surface area contributed by atoms with Crippen molar-refractivity contribution >= 4 is 17.3 Å². The third-order valence-corrected chi connectivity index (χ3v) is 4.27. The Hall–Kier alpha value is -1.25. The topological polar surface area (TPSA) is 73.4 Å². The summed E-state index contributed by atoms with van der Waals surface area (Å²) in [4.78, 5) is 12.2. The van der Waals surface area contributed by atoms with E-state index in [4.69, 9.17) is 16.3 Å². The van der Waals surface area contributed by atoms with Crippen molar-refractivity contribution in [2.75, 3.05) is 26.3 Å². The Morgan fingerprint density at radius 1 is 1.55 bits per heavy atom. The van der Waals surface area contributed by atoms with E-state index < -0.39 is 17.1 Å². The van der Waals surface area contributed by atoms with Gasteiger partial charge < -0.3 is 4.74 Å². The van der Waals surface area contributed by atoms with Gasteiger partial charge in [0, 0.05) is 13.1 Å². The fourth-order valence-electron chi connectivity index (χ4n) is 2.65. The Bertz CT molecular complexity index is 522. The zero-order valence-electron chi connectivity index (χ0n) is 10.6. The first-order valence-electron chi connectivity index (χ1n) is 6.41. The van der Waals surface area contributed by atoms with Crippen LogP contribution in [0.15, 0.2) is 6.20 Å². The highest BCUT2D eigenvalue weighted by atomic mass is 35.5. The largest absolute Gasteiger partial charge is 0.378 e. The van der Waals surface area contributed by atoms with Gasteiger partial charge >= 0.3 is 5.69 Å². The molecule has 0 aromatic carbocycles. The highest BCUT2D eigenvalue weighted by Gasteiger charge is 2.38. The van der Waals surface area contributed by atoms with E-state index in [0.717, 1.165) is 6.20 Å². The highest BCUT2D eigenvalue weighted by Crippen LogP contribution is 2.33. The van der Waals surface area contributed by atoms with Gasteiger partial charge in [0.2, 0.25) is 5.15 Å². The maximum Gasteiger partial charge on any atom is 0.325 e. The lowest BCUT2D eigenvalue weighted by Crippen LogP contribution is -2.55. The number of halogens is 2. The van der Waals surface area contributed by atoms with Crippen LogP contribution in [0.5, 0.6) is 0 Å². The fourth-order valence-corrected chi connectivity index (χ4v) is 2.94. The van der Waals surface area contributed by atoms with Crippen LogP contribution in [0.4, 0.5) is 10.1 Å². The maximum atomic E-state index is 14.3. The van der Waals surface area contributed by atoms with Crippen LogP contribution in [-0.2, 0) is 4.74 Å². The van der Waals surface area contributed by atoms with Gasteiger partial charge in [-0.15, -0.1) is 0 Å². The summed E-state index contributed by atoms with van der Waals surface area (Å²) in [5, 5.41) is 14.5. The molecule has 0 unspecified atom stereocenters. The summed E-state index contributed by atoms with van der Waals surface area (Å²) in [6.45, 7) is 2.28. The Labute approximate surface area is 119 Å². The number of likely N-dealkylation sites (tertiary alicyclic amines) is 1. The first-order valence-corrected chi connectivity index (χ1v) is 6.79. The molecule has 0 spiro atoms. The number of aromatic nitrogens is 2. The summed E-state index contributed by atoms with van der Waals surface area (Å²) in [6.07, 6.45) is 0.443. The minimum absolute atomic E-state index is 0.108. The molecular weight excluding hydrogens is 291 g/mol. The molecule has 0 amide bonds. The zero-order chi connectivity index (χ0) is 14.3. The minimum Gasteiger partial charge on any atom is -0.378 e. The lowest BCUT2D eigenvalue weighted by atomic mass is 10.0. The van der Waals surface area contributed by atoms with Gasteiger partial charge in [-0.3, -0.25) is 15.0 Å². The van der Waals surface area contributed by atoms with Crippen LogP contribution in [0.25, 0.3) is 0 Å². The highest BCUT2D eigenvalue weighted by molar-refractivity contribution is 6.31. The van der Waals surface area contributed by atoms with Crippen LogP contribution >= 0.6 is 11.6 Å². The maximum absolute atomic E-state index is 14.3. The van der Waals surface area contributed by atoms with Crippen LogP contribution in [0.1, 0.15) is 12.5 Å². The Morgan fingerprint density at radius 2 is 2.30 bits per heavy atom. The van der Waals surface area contributed by atoms with Gasteiger partial charge in [-0.25, -0.2) is 9.07 Å². The van der Waals surface area contributed by atoms with Crippen LogP contribution < -0.4 is 0 Å². The molecule has 0 aliphatic carbocycles. The van der Waals surface area contributed by atoms with Gasteiger partial charge in [0.15, 0.2) is 0 Å². The predicted octanol–water partition coefficient (Wildman–Crippen LogP) is 1.43. The Kier molecular flexibility index (Phi) is 3.61. The standard InChI is InChI=1S/C11H14ClFN4O3/c12-11-10(17(18)19)3-14-16(11)9-1-2-15(4-8(9)13)7-5-20-6-7/h3,7-9H,1-2,4-6H2/t8-,9-/m1/s1. The van der Waals surface area contributed by atoms with E-state index in [2.05, 4.69) is 10.00 Å². The second kappa shape index (κ2) is 5.27. The molecule has 7 nitrogen and oxygen atoms in total. The fraction of sp³-hybridized carbons (Fsp3) is 0.727. The first-order chi connectivity index (χ1) is 9.58. The number of nitro groups is 1. The number of piperidine rings is 1. The number of alkyl halides is 1. The molecule has 20 heavy (non-hydrogen) atoms. The van der Waals surface area contributed by atoms with Crippen molar-refractivity contribution in [1.29, 1.82) is 0 Å². The zero-order valence-corrected chi connectivity index (χ0v) is 11.4. The Balaban J connectivity index is 1.73. The number of nitrogens with zero attached hydrogens (tertiary/aromatic N) is 4. The molecule has 2 aliphatic heterocycles. The molecule has 2 atom stereocenters. The van der Waals surface area contributed by atoms with Crippen molar-refractivity contribution in [3.05, 3.63) is 21.5 Å². The van der Waals surface area contributed by atoms with Gasteiger partial charge in [0.05, 0.1) is 30.2 Å². The van der Waals surface area contributed by atoms with E-state index in [9.17, 15) is 14.5 Å². The molecule has 3 heterocycles. The van der Waals surface area contributed by atoms with Crippen LogP contribution in [-0.4, -0.2) is 58.1 Å². The Morgan fingerprint density at radius 3 is 2.80 bits per heavy atom. The van der Waals surface area contributed by atoms with Crippen LogP contribution in [0.2, 0.25) is 5.15 Å². The summed E-state index contributed by atoms with van der Waals surface area (Å²) in [5.74, 6) is 0. The smallest absolute Gasteiger partial charge is 0.325 e. The number of hydrogen-bond acceptors (Lipinski definition) is 5.